The highest BCUT2D eigenvalue weighted by atomic mass is 32.2. The lowest BCUT2D eigenvalue weighted by Crippen LogP contribution is -2.48. The molecule has 0 spiro atoms. The van der Waals surface area contributed by atoms with E-state index in [-0.39, 0.29) is 6.54 Å². The van der Waals surface area contributed by atoms with Crippen molar-refractivity contribution in [1.82, 2.24) is 14.1 Å². The van der Waals surface area contributed by atoms with Crippen LogP contribution in [0.1, 0.15) is 12.5 Å². The zero-order chi connectivity index (χ0) is 18.0. The maximum Gasteiger partial charge on any atom is 0.340 e. The van der Waals surface area contributed by atoms with Gasteiger partial charge in [0.15, 0.2) is 0 Å². The van der Waals surface area contributed by atoms with Gasteiger partial charge in [-0.25, -0.2) is 23.5 Å². The molecule has 0 bridgehead atoms. The summed E-state index contributed by atoms with van der Waals surface area (Å²) in [7, 11) is 0. The molecular formula is C18H17N3O3S. The lowest BCUT2D eigenvalue weighted by atomic mass is 10.2. The normalized spacial score (nSPS) is 10.8. The summed E-state index contributed by atoms with van der Waals surface area (Å²) in [5.74, 6) is 0. The Hall–Kier alpha value is -2.80. The summed E-state index contributed by atoms with van der Waals surface area (Å²) in [5.41, 5.74) is -0.458. The lowest BCUT2D eigenvalue weighted by Gasteiger charge is -2.08. The molecule has 0 unspecified atom stereocenters. The van der Waals surface area contributed by atoms with Crippen molar-refractivity contribution in [3.8, 4) is 5.69 Å². The maximum absolute atomic E-state index is 12.4. The zero-order valence-corrected chi connectivity index (χ0v) is 14.7. The van der Waals surface area contributed by atoms with E-state index >= 15 is 0 Å². The largest absolute Gasteiger partial charge is 0.340 e. The number of benzene rings is 2. The molecule has 0 aliphatic rings. The second-order valence-electron chi connectivity index (χ2n) is 5.51. The number of aromatic nitrogens is 3. The van der Waals surface area contributed by atoms with Crippen molar-refractivity contribution < 1.29 is 0 Å². The summed E-state index contributed by atoms with van der Waals surface area (Å²) in [6.45, 7) is 3.90. The minimum atomic E-state index is -0.737. The van der Waals surface area contributed by atoms with E-state index in [1.165, 1.54) is 5.56 Å². The van der Waals surface area contributed by atoms with E-state index in [1.54, 1.807) is 30.8 Å². The Bertz CT molecular complexity index is 1060. The van der Waals surface area contributed by atoms with Gasteiger partial charge in [-0.05, 0) is 50.2 Å². The molecule has 1 N–H and O–H groups in total. The molecule has 7 heteroatoms. The van der Waals surface area contributed by atoms with Gasteiger partial charge in [0, 0.05) is 16.3 Å². The fraction of sp³-hybridized carbons (Fsp3) is 0.167. The molecular weight excluding hydrogens is 338 g/mol. The van der Waals surface area contributed by atoms with Crippen LogP contribution in [-0.4, -0.2) is 14.1 Å². The average Bonchev–Trinajstić information content (AvgIpc) is 2.58. The Morgan fingerprint density at radius 2 is 1.44 bits per heavy atom. The Kier molecular flexibility index (Phi) is 4.76. The van der Waals surface area contributed by atoms with Crippen LogP contribution in [0.15, 0.2) is 72.7 Å². The van der Waals surface area contributed by atoms with Crippen LogP contribution >= 0.6 is 11.8 Å². The first-order valence-corrected chi connectivity index (χ1v) is 8.62. The molecule has 3 aromatic rings. The van der Waals surface area contributed by atoms with Crippen LogP contribution in [-0.2, 0) is 6.54 Å². The first kappa shape index (κ1) is 17.0. The summed E-state index contributed by atoms with van der Waals surface area (Å²) < 4.78 is 1.95. The molecule has 25 heavy (non-hydrogen) atoms. The van der Waals surface area contributed by atoms with Crippen LogP contribution in [0.3, 0.4) is 0 Å². The highest BCUT2D eigenvalue weighted by Crippen LogP contribution is 2.28. The second-order valence-corrected chi connectivity index (χ2v) is 6.65. The average molecular weight is 355 g/mol. The molecule has 1 heterocycles. The van der Waals surface area contributed by atoms with E-state index in [4.69, 9.17) is 0 Å². The molecule has 0 fully saturated rings. The molecule has 6 nitrogen and oxygen atoms in total. The molecule has 0 aliphatic carbocycles. The molecule has 0 saturated carbocycles. The van der Waals surface area contributed by atoms with Crippen LogP contribution in [0.5, 0.6) is 0 Å². The molecule has 2 aromatic carbocycles. The Morgan fingerprint density at radius 1 is 0.880 bits per heavy atom. The number of hydrogen-bond donors (Lipinski definition) is 1. The molecule has 0 amide bonds. The Labute approximate surface area is 147 Å². The van der Waals surface area contributed by atoms with Crippen molar-refractivity contribution in [2.45, 2.75) is 30.2 Å². The monoisotopic (exact) mass is 355 g/mol. The summed E-state index contributed by atoms with van der Waals surface area (Å²) in [4.78, 5) is 40.3. The van der Waals surface area contributed by atoms with Crippen molar-refractivity contribution in [1.29, 1.82) is 0 Å². The highest BCUT2D eigenvalue weighted by Gasteiger charge is 2.10. The summed E-state index contributed by atoms with van der Waals surface area (Å²) in [5, 5.41) is 0. The maximum atomic E-state index is 12.4. The van der Waals surface area contributed by atoms with Crippen LogP contribution in [0, 0.1) is 6.92 Å². The number of nitrogens with one attached hydrogen (secondary N) is 1. The second kappa shape index (κ2) is 6.98. The smallest absolute Gasteiger partial charge is 0.258 e. The fourth-order valence-corrected chi connectivity index (χ4v) is 3.24. The van der Waals surface area contributed by atoms with Crippen molar-refractivity contribution in [2.75, 3.05) is 0 Å². The number of rotatable bonds is 4. The lowest BCUT2D eigenvalue weighted by molar-refractivity contribution is 0.599. The number of aryl methyl sites for hydroxylation is 1. The Balaban J connectivity index is 1.96. The van der Waals surface area contributed by atoms with Gasteiger partial charge in [0.05, 0.1) is 5.69 Å². The van der Waals surface area contributed by atoms with Gasteiger partial charge < -0.3 is 0 Å². The molecule has 0 aliphatic heterocycles. The van der Waals surface area contributed by atoms with Crippen LogP contribution in [0.25, 0.3) is 5.69 Å². The predicted molar refractivity (Wildman–Crippen MR) is 97.9 cm³/mol. The predicted octanol–water partition coefficient (Wildman–Crippen LogP) is 2.17. The minimum absolute atomic E-state index is 0.190. The number of nitrogens with zero attached hydrogens (tertiary/aromatic N) is 2. The quantitative estimate of drug-likeness (QED) is 0.778. The van der Waals surface area contributed by atoms with Gasteiger partial charge in [0.2, 0.25) is 0 Å². The van der Waals surface area contributed by atoms with Gasteiger partial charge in [-0.3, -0.25) is 4.98 Å². The van der Waals surface area contributed by atoms with E-state index in [1.807, 2.05) is 43.3 Å². The third-order valence-corrected chi connectivity index (χ3v) is 4.77. The van der Waals surface area contributed by atoms with Gasteiger partial charge >= 0.3 is 17.1 Å². The molecule has 0 radical (unpaired) electrons. The number of H-pyrrole nitrogens is 1. The van der Waals surface area contributed by atoms with Crippen molar-refractivity contribution in [3.63, 3.8) is 0 Å². The molecule has 0 saturated heterocycles. The molecule has 3 rings (SSSR count). The Morgan fingerprint density at radius 3 is 2.00 bits per heavy atom. The van der Waals surface area contributed by atoms with Crippen LogP contribution in [0.2, 0.25) is 0 Å². The minimum Gasteiger partial charge on any atom is -0.258 e. The van der Waals surface area contributed by atoms with Crippen molar-refractivity contribution in [2.24, 2.45) is 0 Å². The topological polar surface area (TPSA) is 76.9 Å². The molecule has 0 atom stereocenters. The van der Waals surface area contributed by atoms with E-state index < -0.39 is 17.1 Å². The molecule has 128 valence electrons. The van der Waals surface area contributed by atoms with Crippen LogP contribution in [0.4, 0.5) is 0 Å². The summed E-state index contributed by atoms with van der Waals surface area (Å²) in [6, 6.07) is 15.2. The summed E-state index contributed by atoms with van der Waals surface area (Å²) >= 11 is 1.59. The fourth-order valence-electron chi connectivity index (χ4n) is 2.42. The first-order valence-electron chi connectivity index (χ1n) is 7.80. The highest BCUT2D eigenvalue weighted by molar-refractivity contribution is 7.99. The zero-order valence-electron chi connectivity index (χ0n) is 13.9. The molecule has 1 aromatic heterocycles. The van der Waals surface area contributed by atoms with Gasteiger partial charge in [0.25, 0.3) is 0 Å². The van der Waals surface area contributed by atoms with Crippen molar-refractivity contribution >= 4 is 11.8 Å². The van der Waals surface area contributed by atoms with E-state index in [2.05, 4.69) is 4.98 Å². The van der Waals surface area contributed by atoms with E-state index in [0.717, 1.165) is 18.9 Å². The van der Waals surface area contributed by atoms with E-state index in [9.17, 15) is 14.4 Å². The van der Waals surface area contributed by atoms with Gasteiger partial charge in [0.1, 0.15) is 0 Å². The number of aromatic amines is 1. The van der Waals surface area contributed by atoms with Gasteiger partial charge in [-0.15, -0.1) is 0 Å². The standard InChI is InChI=1S/C18H17N3O3S/c1-3-20-16(22)19-17(23)21(18(20)24)13-6-10-15(11-7-13)25-14-8-4-12(2)5-9-14/h4-11H,3H2,1-2H3,(H,19,22,23). The SMILES string of the molecule is CCn1c(=O)[nH]c(=O)n(-c2ccc(Sc3ccc(C)cc3)cc2)c1=O. The third kappa shape index (κ3) is 3.51. The van der Waals surface area contributed by atoms with Gasteiger partial charge in [-0.1, -0.05) is 29.5 Å². The third-order valence-electron chi connectivity index (χ3n) is 3.75. The van der Waals surface area contributed by atoms with E-state index in [0.29, 0.717) is 5.69 Å². The van der Waals surface area contributed by atoms with Crippen LogP contribution < -0.4 is 17.1 Å². The number of hydrogen-bond acceptors (Lipinski definition) is 4. The first-order chi connectivity index (χ1) is 12.0. The van der Waals surface area contributed by atoms with Gasteiger partial charge in [-0.2, -0.15) is 0 Å². The van der Waals surface area contributed by atoms with Crippen molar-refractivity contribution in [3.05, 3.63) is 85.5 Å². The summed E-state index contributed by atoms with van der Waals surface area (Å²) in [6.07, 6.45) is 0.